The molecule has 0 N–H and O–H groups in total. The number of hydrogen-bond acceptors (Lipinski definition) is 5. The number of rotatable bonds is 4. The molecule has 0 bridgehead atoms. The molecule has 0 radical (unpaired) electrons. The van der Waals surface area contributed by atoms with Gasteiger partial charge in [-0.05, 0) is 60.5 Å². The Morgan fingerprint density at radius 1 is 1.04 bits per heavy atom. The van der Waals surface area contributed by atoms with Crippen molar-refractivity contribution in [1.29, 1.82) is 0 Å². The van der Waals surface area contributed by atoms with Gasteiger partial charge in [0.15, 0.2) is 5.70 Å². The lowest BCUT2D eigenvalue weighted by Gasteiger charge is -2.04. The van der Waals surface area contributed by atoms with Crippen LogP contribution >= 0.6 is 0 Å². The van der Waals surface area contributed by atoms with Gasteiger partial charge >= 0.3 is 5.97 Å². The first-order valence-corrected chi connectivity index (χ1v) is 7.42. The molecule has 0 fully saturated rings. The Bertz CT molecular complexity index is 835. The number of aliphatic imine (C=N–C) groups is 1. The number of methoxy groups -OCH3 is 2. The molecule has 5 nitrogen and oxygen atoms in total. The second kappa shape index (κ2) is 6.58. The van der Waals surface area contributed by atoms with Gasteiger partial charge in [-0.3, -0.25) is 0 Å². The lowest BCUT2D eigenvalue weighted by atomic mass is 10.1. The van der Waals surface area contributed by atoms with E-state index in [1.807, 2.05) is 25.1 Å². The van der Waals surface area contributed by atoms with Crippen molar-refractivity contribution in [2.45, 2.75) is 6.92 Å². The third kappa shape index (κ3) is 3.15. The van der Waals surface area contributed by atoms with E-state index in [0.29, 0.717) is 5.90 Å². The maximum atomic E-state index is 12.0. The van der Waals surface area contributed by atoms with Gasteiger partial charge in [-0.25, -0.2) is 9.79 Å². The summed E-state index contributed by atoms with van der Waals surface area (Å²) in [7, 11) is 3.22. The summed E-state index contributed by atoms with van der Waals surface area (Å²) < 4.78 is 15.6. The number of benzene rings is 2. The second-order valence-electron chi connectivity index (χ2n) is 5.29. The summed E-state index contributed by atoms with van der Waals surface area (Å²) in [5.74, 6) is 1.36. The van der Waals surface area contributed by atoms with Crippen LogP contribution in [-0.2, 0) is 9.53 Å². The molecule has 2 aromatic carbocycles. The highest BCUT2D eigenvalue weighted by molar-refractivity contribution is 6.12. The Kier molecular flexibility index (Phi) is 4.33. The van der Waals surface area contributed by atoms with E-state index in [2.05, 4.69) is 4.99 Å². The fourth-order valence-corrected chi connectivity index (χ4v) is 2.42. The molecule has 122 valence electrons. The molecular formula is C19H17NO4. The first kappa shape index (κ1) is 15.8. The molecule has 0 amide bonds. The van der Waals surface area contributed by atoms with Crippen molar-refractivity contribution in [3.63, 3.8) is 0 Å². The van der Waals surface area contributed by atoms with E-state index in [9.17, 15) is 4.79 Å². The molecule has 5 heteroatoms. The molecule has 0 aliphatic carbocycles. The molecule has 24 heavy (non-hydrogen) atoms. The zero-order valence-electron chi connectivity index (χ0n) is 13.7. The average molecular weight is 323 g/mol. The van der Waals surface area contributed by atoms with Crippen LogP contribution in [0.15, 0.2) is 53.2 Å². The van der Waals surface area contributed by atoms with E-state index < -0.39 is 5.97 Å². The third-order valence-electron chi connectivity index (χ3n) is 3.68. The van der Waals surface area contributed by atoms with Crippen LogP contribution in [0, 0.1) is 6.92 Å². The van der Waals surface area contributed by atoms with Crippen LogP contribution in [0.3, 0.4) is 0 Å². The minimum absolute atomic E-state index is 0.269. The van der Waals surface area contributed by atoms with E-state index >= 15 is 0 Å². The summed E-state index contributed by atoms with van der Waals surface area (Å²) in [5, 5.41) is 0. The molecule has 2 aromatic rings. The number of carbonyl (C=O) groups excluding carboxylic acids is 1. The highest BCUT2D eigenvalue weighted by Crippen LogP contribution is 2.23. The van der Waals surface area contributed by atoms with Gasteiger partial charge in [-0.2, -0.15) is 0 Å². The minimum atomic E-state index is -0.464. The first-order chi connectivity index (χ1) is 11.6. The average Bonchev–Trinajstić information content (AvgIpc) is 2.96. The van der Waals surface area contributed by atoms with Gasteiger partial charge < -0.3 is 14.2 Å². The van der Waals surface area contributed by atoms with Crippen LogP contribution in [0.25, 0.3) is 6.08 Å². The van der Waals surface area contributed by atoms with Crippen LogP contribution in [0.5, 0.6) is 11.5 Å². The number of cyclic esters (lactones) is 1. The van der Waals surface area contributed by atoms with E-state index in [4.69, 9.17) is 14.2 Å². The van der Waals surface area contributed by atoms with Crippen LogP contribution in [0.4, 0.5) is 0 Å². The number of nitrogens with zero attached hydrogens (tertiary/aromatic N) is 1. The zero-order valence-corrected chi connectivity index (χ0v) is 13.7. The predicted octanol–water partition coefficient (Wildman–Crippen LogP) is 3.36. The Labute approximate surface area is 140 Å². The normalized spacial score (nSPS) is 15.2. The molecule has 0 saturated carbocycles. The summed E-state index contributed by atoms with van der Waals surface area (Å²) in [6.07, 6.45) is 1.70. The quantitative estimate of drug-likeness (QED) is 0.639. The van der Waals surface area contributed by atoms with E-state index in [1.165, 1.54) is 0 Å². The lowest BCUT2D eigenvalue weighted by Crippen LogP contribution is -2.05. The molecule has 0 unspecified atom stereocenters. The number of esters is 1. The van der Waals surface area contributed by atoms with E-state index in [0.717, 1.165) is 28.2 Å². The van der Waals surface area contributed by atoms with Gasteiger partial charge in [0.05, 0.1) is 14.2 Å². The standard InChI is InChI=1S/C19H17NO4/c1-12-10-13(4-9-17(12)23-3)11-16-19(21)24-18(20-16)14-5-7-15(22-2)8-6-14/h4-11H,1-3H3/b16-11-. The van der Waals surface area contributed by atoms with Gasteiger partial charge in [0.25, 0.3) is 0 Å². The molecule has 0 atom stereocenters. The zero-order chi connectivity index (χ0) is 17.1. The predicted molar refractivity (Wildman–Crippen MR) is 91.3 cm³/mol. The van der Waals surface area contributed by atoms with Crippen LogP contribution in [0.2, 0.25) is 0 Å². The van der Waals surface area contributed by atoms with Crippen LogP contribution in [0.1, 0.15) is 16.7 Å². The Morgan fingerprint density at radius 3 is 2.42 bits per heavy atom. The van der Waals surface area contributed by atoms with E-state index in [1.54, 1.807) is 44.6 Å². The van der Waals surface area contributed by atoms with Crippen molar-refractivity contribution in [3.8, 4) is 11.5 Å². The Hall–Kier alpha value is -3.08. The summed E-state index contributed by atoms with van der Waals surface area (Å²) in [6.45, 7) is 1.94. The Balaban J connectivity index is 1.89. The lowest BCUT2D eigenvalue weighted by molar-refractivity contribution is -0.129. The van der Waals surface area contributed by atoms with Gasteiger partial charge in [-0.1, -0.05) is 6.07 Å². The van der Waals surface area contributed by atoms with E-state index in [-0.39, 0.29) is 5.70 Å². The minimum Gasteiger partial charge on any atom is -0.497 e. The number of ether oxygens (including phenoxy) is 3. The highest BCUT2D eigenvalue weighted by Gasteiger charge is 2.24. The topological polar surface area (TPSA) is 57.1 Å². The molecular weight excluding hydrogens is 306 g/mol. The largest absolute Gasteiger partial charge is 0.497 e. The maximum absolute atomic E-state index is 12.0. The van der Waals surface area contributed by atoms with Gasteiger partial charge in [0.1, 0.15) is 11.5 Å². The smallest absolute Gasteiger partial charge is 0.363 e. The van der Waals surface area contributed by atoms with Gasteiger partial charge in [0.2, 0.25) is 5.90 Å². The number of aryl methyl sites for hydroxylation is 1. The second-order valence-corrected chi connectivity index (χ2v) is 5.29. The molecule has 0 spiro atoms. The molecule has 0 saturated heterocycles. The van der Waals surface area contributed by atoms with Crippen molar-refractivity contribution in [1.82, 2.24) is 0 Å². The molecule has 0 aromatic heterocycles. The summed E-state index contributed by atoms with van der Waals surface area (Å²) in [5.41, 5.74) is 2.83. The highest BCUT2D eigenvalue weighted by atomic mass is 16.6. The van der Waals surface area contributed by atoms with Gasteiger partial charge in [-0.15, -0.1) is 0 Å². The van der Waals surface area contributed by atoms with Crippen molar-refractivity contribution >= 4 is 17.9 Å². The first-order valence-electron chi connectivity index (χ1n) is 7.42. The third-order valence-corrected chi connectivity index (χ3v) is 3.68. The molecule has 3 rings (SSSR count). The maximum Gasteiger partial charge on any atom is 0.363 e. The van der Waals surface area contributed by atoms with Crippen molar-refractivity contribution in [3.05, 3.63) is 64.9 Å². The summed E-state index contributed by atoms with van der Waals surface area (Å²) >= 11 is 0. The Morgan fingerprint density at radius 2 is 1.79 bits per heavy atom. The van der Waals surface area contributed by atoms with Crippen LogP contribution in [-0.4, -0.2) is 26.1 Å². The molecule has 1 heterocycles. The fraction of sp³-hybridized carbons (Fsp3) is 0.158. The number of hydrogen-bond donors (Lipinski definition) is 0. The molecule has 1 aliphatic heterocycles. The van der Waals surface area contributed by atoms with Crippen molar-refractivity contribution in [2.24, 2.45) is 4.99 Å². The van der Waals surface area contributed by atoms with Crippen molar-refractivity contribution < 1.29 is 19.0 Å². The van der Waals surface area contributed by atoms with Gasteiger partial charge in [0, 0.05) is 5.56 Å². The summed E-state index contributed by atoms with van der Waals surface area (Å²) in [6, 6.07) is 12.8. The monoisotopic (exact) mass is 323 g/mol. The number of carbonyl (C=O) groups is 1. The van der Waals surface area contributed by atoms with Crippen molar-refractivity contribution in [2.75, 3.05) is 14.2 Å². The SMILES string of the molecule is COc1ccc(C2=N/C(=C\c3ccc(OC)c(C)c3)C(=O)O2)cc1. The molecule has 1 aliphatic rings. The fourth-order valence-electron chi connectivity index (χ4n) is 2.42. The summed E-state index contributed by atoms with van der Waals surface area (Å²) in [4.78, 5) is 16.3. The van der Waals surface area contributed by atoms with Crippen LogP contribution < -0.4 is 9.47 Å².